The van der Waals surface area contributed by atoms with Crippen LogP contribution in [0, 0.1) is 6.57 Å². The van der Waals surface area contributed by atoms with Crippen molar-refractivity contribution in [3.63, 3.8) is 0 Å². The third kappa shape index (κ3) is 4.69. The highest BCUT2D eigenvalue weighted by molar-refractivity contribution is 9.10. The summed E-state index contributed by atoms with van der Waals surface area (Å²) in [6.07, 6.45) is 1.12. The molecule has 1 fully saturated rings. The average Bonchev–Trinajstić information content (AvgIpc) is 3.37. The van der Waals surface area contributed by atoms with E-state index in [1.54, 1.807) is 54.0 Å². The Morgan fingerprint density at radius 3 is 2.73 bits per heavy atom. The number of carbonyl (C=O) groups is 1. The third-order valence-corrected chi connectivity index (χ3v) is 6.83. The fraction of sp³-hybridized carbons (Fsp3) is 0.231. The molecule has 4 aromatic rings. The highest BCUT2D eigenvalue weighted by atomic mass is 79.9. The molecule has 1 aliphatic heterocycles. The van der Waals surface area contributed by atoms with Crippen LogP contribution < -0.4 is 14.8 Å². The number of methoxy groups -OCH3 is 2. The van der Waals surface area contributed by atoms with Gasteiger partial charge in [-0.25, -0.2) is 14.8 Å². The first-order chi connectivity index (χ1) is 17.9. The number of amides is 1. The Morgan fingerprint density at radius 2 is 2.03 bits per heavy atom. The van der Waals surface area contributed by atoms with Crippen molar-refractivity contribution in [1.82, 2.24) is 19.3 Å². The maximum absolute atomic E-state index is 12.9. The van der Waals surface area contributed by atoms with Gasteiger partial charge in [-0.05, 0) is 39.7 Å². The monoisotopic (exact) mass is 562 g/mol. The van der Waals surface area contributed by atoms with Crippen LogP contribution in [0.5, 0.6) is 11.5 Å². The molecule has 11 heteroatoms. The predicted molar refractivity (Wildman–Crippen MR) is 141 cm³/mol. The minimum absolute atomic E-state index is 0.242. The van der Waals surface area contributed by atoms with Crippen LogP contribution in [0.1, 0.15) is 16.1 Å². The zero-order chi connectivity index (χ0) is 26.1. The first-order valence-electron chi connectivity index (χ1n) is 11.4. The minimum atomic E-state index is -0.507. The third-order valence-electron chi connectivity index (χ3n) is 6.10. The van der Waals surface area contributed by atoms with E-state index < -0.39 is 6.10 Å². The summed E-state index contributed by atoms with van der Waals surface area (Å²) in [6.45, 7) is 8.31. The zero-order valence-corrected chi connectivity index (χ0v) is 21.7. The Morgan fingerprint density at radius 1 is 1.22 bits per heavy atom. The molecule has 0 unspecified atom stereocenters. The number of likely N-dealkylation sites (tertiary alicyclic amines) is 1. The number of β-amino-alcohol motifs (C(OH)–C–C–N with tert-alkyl or cyclic N) is 1. The van der Waals surface area contributed by atoms with Crippen LogP contribution in [0.4, 0.5) is 11.6 Å². The molecule has 2 N–H and O–H groups in total. The molecule has 0 spiro atoms. The lowest BCUT2D eigenvalue weighted by Gasteiger charge is -2.35. The Kier molecular flexibility index (Phi) is 6.69. The second-order valence-corrected chi connectivity index (χ2v) is 9.27. The summed E-state index contributed by atoms with van der Waals surface area (Å²) in [5.41, 5.74) is 3.40. The second kappa shape index (κ2) is 10.1. The molecule has 3 heterocycles. The van der Waals surface area contributed by atoms with Crippen LogP contribution in [0.3, 0.4) is 0 Å². The molecule has 0 atom stereocenters. The highest BCUT2D eigenvalue weighted by Crippen LogP contribution is 2.34. The van der Waals surface area contributed by atoms with Gasteiger partial charge in [-0.15, -0.1) is 0 Å². The summed E-state index contributed by atoms with van der Waals surface area (Å²) >= 11 is 3.62. The van der Waals surface area contributed by atoms with E-state index in [-0.39, 0.29) is 24.7 Å². The normalized spacial score (nSPS) is 13.2. The number of carbonyl (C=O) groups excluding carboxylic acids is 1. The number of rotatable bonds is 7. The smallest absolute Gasteiger partial charge is 0.274 e. The Balaban J connectivity index is 1.58. The van der Waals surface area contributed by atoms with Gasteiger partial charge in [0.05, 0.1) is 37.1 Å². The van der Waals surface area contributed by atoms with Gasteiger partial charge in [0.1, 0.15) is 17.2 Å². The number of aliphatic hydroxyl groups excluding tert-OH is 1. The molecule has 5 rings (SSSR count). The summed E-state index contributed by atoms with van der Waals surface area (Å²) in [5.74, 6) is 1.53. The number of aliphatic hydroxyl groups is 1. The number of aromatic nitrogens is 3. The SMILES string of the molecule is [C-]#[N+]c1cccc(-c2nc(NCc3ccc(OC)cc3OC)n3cc(C(=O)N4CC(O)C4)nc3c2Br)c1. The van der Waals surface area contributed by atoms with Gasteiger partial charge < -0.3 is 24.8 Å². The summed E-state index contributed by atoms with van der Waals surface area (Å²) in [5, 5.41) is 13.0. The van der Waals surface area contributed by atoms with Crippen molar-refractivity contribution >= 4 is 39.1 Å². The molecule has 0 saturated carbocycles. The molecular weight excluding hydrogens is 540 g/mol. The average molecular weight is 563 g/mol. The highest BCUT2D eigenvalue weighted by Gasteiger charge is 2.31. The number of hydrogen-bond acceptors (Lipinski definition) is 7. The summed E-state index contributed by atoms with van der Waals surface area (Å²) in [4.78, 5) is 27.5. The maximum atomic E-state index is 12.9. The van der Waals surface area contributed by atoms with Crippen molar-refractivity contribution < 1.29 is 19.4 Å². The Labute approximate surface area is 221 Å². The summed E-state index contributed by atoms with van der Waals surface area (Å²) in [6, 6.07) is 12.7. The van der Waals surface area contributed by atoms with E-state index in [0.29, 0.717) is 45.5 Å². The first-order valence-corrected chi connectivity index (χ1v) is 12.2. The number of nitrogens with zero attached hydrogens (tertiary/aromatic N) is 5. The lowest BCUT2D eigenvalue weighted by atomic mass is 10.1. The largest absolute Gasteiger partial charge is 0.497 e. The zero-order valence-electron chi connectivity index (χ0n) is 20.1. The molecule has 37 heavy (non-hydrogen) atoms. The number of benzene rings is 2. The van der Waals surface area contributed by atoms with Crippen molar-refractivity contribution in [2.45, 2.75) is 12.6 Å². The van der Waals surface area contributed by atoms with Crippen molar-refractivity contribution in [3.05, 3.63) is 75.8 Å². The predicted octanol–water partition coefficient (Wildman–Crippen LogP) is 4.16. The quantitative estimate of drug-likeness (QED) is 0.326. The van der Waals surface area contributed by atoms with Crippen molar-refractivity contribution in [2.24, 2.45) is 0 Å². The number of anilines is 1. The summed E-state index contributed by atoms with van der Waals surface area (Å²) < 4.78 is 13.1. The molecule has 0 aliphatic carbocycles. The van der Waals surface area contributed by atoms with Crippen LogP contribution in [-0.4, -0.2) is 63.7 Å². The van der Waals surface area contributed by atoms with Gasteiger partial charge in [0.25, 0.3) is 5.91 Å². The van der Waals surface area contributed by atoms with Gasteiger partial charge in [0.15, 0.2) is 11.3 Å². The number of halogens is 1. The van der Waals surface area contributed by atoms with Gasteiger partial charge in [-0.1, -0.05) is 18.2 Å². The molecule has 188 valence electrons. The molecule has 0 radical (unpaired) electrons. The van der Waals surface area contributed by atoms with Gasteiger partial charge in [0.2, 0.25) is 5.95 Å². The van der Waals surface area contributed by atoms with Crippen molar-refractivity contribution in [1.29, 1.82) is 0 Å². The molecule has 1 amide bonds. The van der Waals surface area contributed by atoms with E-state index >= 15 is 0 Å². The molecule has 2 aromatic carbocycles. The van der Waals surface area contributed by atoms with Gasteiger partial charge in [-0.2, -0.15) is 0 Å². The van der Waals surface area contributed by atoms with E-state index in [0.717, 1.165) is 11.1 Å². The Bertz CT molecular complexity index is 1540. The Hall–Kier alpha value is -4.14. The second-order valence-electron chi connectivity index (χ2n) is 8.48. The molecule has 1 aliphatic rings. The lowest BCUT2D eigenvalue weighted by molar-refractivity contribution is 0.00555. The molecule has 2 aromatic heterocycles. The molecular formula is C26H23BrN6O4. The number of imidazole rings is 1. The van der Waals surface area contributed by atoms with Crippen LogP contribution >= 0.6 is 15.9 Å². The topological polar surface area (TPSA) is 106 Å². The van der Waals surface area contributed by atoms with Crippen LogP contribution in [0.15, 0.2) is 53.1 Å². The fourth-order valence-electron chi connectivity index (χ4n) is 4.11. The van der Waals surface area contributed by atoms with E-state index in [1.165, 1.54) is 0 Å². The molecule has 1 saturated heterocycles. The fourth-order valence-corrected chi connectivity index (χ4v) is 4.71. The number of hydrogen-bond donors (Lipinski definition) is 2. The van der Waals surface area contributed by atoms with Crippen molar-refractivity contribution in [3.8, 4) is 22.8 Å². The van der Waals surface area contributed by atoms with Crippen molar-refractivity contribution in [2.75, 3.05) is 32.6 Å². The standard InChI is InChI=1S/C26H23BrN6O4/c1-28-17-6-4-5-15(9-17)23-22(27)24-30-20(25(35)32-12-18(34)13-32)14-33(24)26(31-23)29-11-16-7-8-19(36-2)10-21(16)37-3/h4-10,14,18,34H,11-13H2,2-3H3,(H,29,31). The lowest BCUT2D eigenvalue weighted by Crippen LogP contribution is -2.53. The van der Waals surface area contributed by atoms with E-state index in [2.05, 4.69) is 31.1 Å². The van der Waals surface area contributed by atoms with E-state index in [9.17, 15) is 9.90 Å². The maximum Gasteiger partial charge on any atom is 0.274 e. The number of nitrogens with one attached hydrogen (secondary N) is 1. The van der Waals surface area contributed by atoms with E-state index in [1.807, 2.05) is 18.2 Å². The van der Waals surface area contributed by atoms with Gasteiger partial charge in [0, 0.05) is 37.5 Å². The molecule has 10 nitrogen and oxygen atoms in total. The van der Waals surface area contributed by atoms with Crippen LogP contribution in [0.2, 0.25) is 0 Å². The number of ether oxygens (including phenoxy) is 2. The van der Waals surface area contributed by atoms with E-state index in [4.69, 9.17) is 21.0 Å². The van der Waals surface area contributed by atoms with Gasteiger partial charge in [-0.3, -0.25) is 9.20 Å². The minimum Gasteiger partial charge on any atom is -0.497 e. The number of fused-ring (bicyclic) bond motifs is 1. The molecule has 0 bridgehead atoms. The van der Waals surface area contributed by atoms with Gasteiger partial charge >= 0.3 is 0 Å². The first kappa shape index (κ1) is 24.5. The van der Waals surface area contributed by atoms with Crippen LogP contribution in [-0.2, 0) is 6.54 Å². The van der Waals surface area contributed by atoms with Crippen LogP contribution in [0.25, 0.3) is 21.7 Å². The summed E-state index contributed by atoms with van der Waals surface area (Å²) in [7, 11) is 3.19.